The van der Waals surface area contributed by atoms with Gasteiger partial charge >= 0.3 is 0 Å². The van der Waals surface area contributed by atoms with E-state index in [9.17, 15) is 5.26 Å². The maximum Gasteiger partial charge on any atom is 0.196 e. The summed E-state index contributed by atoms with van der Waals surface area (Å²) in [7, 11) is 0. The third kappa shape index (κ3) is 3.70. The van der Waals surface area contributed by atoms with Crippen molar-refractivity contribution in [1.29, 1.82) is 5.26 Å². The molecule has 0 radical (unpaired) electrons. The number of benzene rings is 2. The second-order valence-electron chi connectivity index (χ2n) is 5.05. The van der Waals surface area contributed by atoms with E-state index in [1.54, 1.807) is 0 Å². The molecule has 0 fully saturated rings. The summed E-state index contributed by atoms with van der Waals surface area (Å²) < 4.78 is 0.991. The Labute approximate surface area is 152 Å². The number of nitriles is 1. The molecule has 0 saturated heterocycles. The molecule has 0 saturated carbocycles. The maximum absolute atomic E-state index is 9.39. The van der Waals surface area contributed by atoms with E-state index >= 15 is 0 Å². The molecule has 0 amide bonds. The lowest BCUT2D eigenvalue weighted by molar-refractivity contribution is 1.28. The monoisotopic (exact) mass is 396 g/mol. The second-order valence-corrected chi connectivity index (χ2v) is 6.82. The van der Waals surface area contributed by atoms with Gasteiger partial charge in [-0.15, -0.1) is 11.3 Å². The quantitative estimate of drug-likeness (QED) is 0.485. The molecule has 0 unspecified atom stereocenters. The van der Waals surface area contributed by atoms with E-state index in [-0.39, 0.29) is 5.71 Å². The van der Waals surface area contributed by atoms with Crippen molar-refractivity contribution >= 4 is 38.7 Å². The topological polar surface area (TPSA) is 61.1 Å². The SMILES string of the molecule is Cc1ccccc1N/N=C(/C#N)c1nc(-c2cccc(Br)c2)cs1. The number of rotatable bonds is 4. The van der Waals surface area contributed by atoms with Crippen LogP contribution in [0.15, 0.2) is 63.5 Å². The fourth-order valence-electron chi connectivity index (χ4n) is 2.10. The molecule has 0 bridgehead atoms. The lowest BCUT2D eigenvalue weighted by Crippen LogP contribution is -2.02. The fraction of sp³-hybridized carbons (Fsp3) is 0.0556. The average molecular weight is 397 g/mol. The minimum absolute atomic E-state index is 0.268. The molecule has 0 atom stereocenters. The first-order chi connectivity index (χ1) is 11.7. The van der Waals surface area contributed by atoms with Crippen molar-refractivity contribution in [3.63, 3.8) is 0 Å². The van der Waals surface area contributed by atoms with Crippen molar-refractivity contribution in [2.24, 2.45) is 5.10 Å². The Morgan fingerprint density at radius 3 is 2.83 bits per heavy atom. The number of hydrogen-bond donors (Lipinski definition) is 1. The summed E-state index contributed by atoms with van der Waals surface area (Å²) in [4.78, 5) is 4.53. The summed E-state index contributed by atoms with van der Waals surface area (Å²) in [6, 6.07) is 17.8. The van der Waals surface area contributed by atoms with Crippen LogP contribution in [0.5, 0.6) is 0 Å². The van der Waals surface area contributed by atoms with E-state index in [4.69, 9.17) is 0 Å². The largest absolute Gasteiger partial charge is 0.277 e. The number of nitrogens with zero attached hydrogens (tertiary/aromatic N) is 3. The van der Waals surface area contributed by atoms with E-state index in [1.807, 2.05) is 60.8 Å². The summed E-state index contributed by atoms with van der Waals surface area (Å²) in [5, 5.41) is 16.1. The van der Waals surface area contributed by atoms with Crippen LogP contribution in [-0.4, -0.2) is 10.7 Å². The van der Waals surface area contributed by atoms with Crippen LogP contribution in [0.1, 0.15) is 10.6 Å². The molecule has 4 nitrogen and oxygen atoms in total. The van der Waals surface area contributed by atoms with E-state index in [2.05, 4.69) is 37.5 Å². The van der Waals surface area contributed by atoms with Crippen LogP contribution in [0.3, 0.4) is 0 Å². The summed E-state index contributed by atoms with van der Waals surface area (Å²) in [6.07, 6.45) is 0. The first-order valence-corrected chi connectivity index (χ1v) is 8.86. The number of aryl methyl sites for hydroxylation is 1. The first-order valence-electron chi connectivity index (χ1n) is 7.18. The van der Waals surface area contributed by atoms with Crippen molar-refractivity contribution in [2.45, 2.75) is 6.92 Å². The minimum atomic E-state index is 0.268. The first kappa shape index (κ1) is 16.4. The molecule has 118 valence electrons. The zero-order valence-electron chi connectivity index (χ0n) is 12.8. The van der Waals surface area contributed by atoms with E-state index < -0.39 is 0 Å². The third-order valence-corrected chi connectivity index (χ3v) is 4.71. The molecule has 0 spiro atoms. The van der Waals surface area contributed by atoms with Gasteiger partial charge in [-0.1, -0.05) is 46.3 Å². The highest BCUT2D eigenvalue weighted by Crippen LogP contribution is 2.25. The summed E-state index contributed by atoms with van der Waals surface area (Å²) in [5.41, 5.74) is 6.97. The standard InChI is InChI=1S/C18H13BrN4S/c1-12-5-2-3-8-15(12)22-23-16(10-20)18-21-17(11-24-18)13-6-4-7-14(19)9-13/h2-9,11,22H,1H3/b23-16-. The lowest BCUT2D eigenvalue weighted by atomic mass is 10.2. The van der Waals surface area contributed by atoms with Gasteiger partial charge < -0.3 is 0 Å². The molecule has 1 N–H and O–H groups in total. The van der Waals surface area contributed by atoms with Gasteiger partial charge in [-0.2, -0.15) is 10.4 Å². The van der Waals surface area contributed by atoms with Gasteiger partial charge in [0.05, 0.1) is 11.4 Å². The van der Waals surface area contributed by atoms with Crippen LogP contribution in [0.2, 0.25) is 0 Å². The normalized spacial score (nSPS) is 11.1. The molecule has 0 aliphatic rings. The highest BCUT2D eigenvalue weighted by Gasteiger charge is 2.11. The molecule has 1 aromatic heterocycles. The van der Waals surface area contributed by atoms with Gasteiger partial charge in [-0.25, -0.2) is 4.98 Å². The van der Waals surface area contributed by atoms with Gasteiger partial charge in [-0.3, -0.25) is 5.43 Å². The summed E-state index contributed by atoms with van der Waals surface area (Å²) >= 11 is 4.86. The Morgan fingerprint density at radius 1 is 1.25 bits per heavy atom. The van der Waals surface area contributed by atoms with Crippen LogP contribution >= 0.6 is 27.3 Å². The second kappa shape index (κ2) is 7.39. The number of anilines is 1. The van der Waals surface area contributed by atoms with Crippen molar-refractivity contribution in [2.75, 3.05) is 5.43 Å². The Morgan fingerprint density at radius 2 is 2.08 bits per heavy atom. The van der Waals surface area contributed by atoms with Crippen LogP contribution in [0.25, 0.3) is 11.3 Å². The molecule has 3 aromatic rings. The Hall–Kier alpha value is -2.49. The van der Waals surface area contributed by atoms with Crippen molar-refractivity contribution < 1.29 is 0 Å². The van der Waals surface area contributed by atoms with Gasteiger partial charge in [0.2, 0.25) is 0 Å². The molecule has 1 heterocycles. The van der Waals surface area contributed by atoms with Gasteiger partial charge in [-0.05, 0) is 30.7 Å². The lowest BCUT2D eigenvalue weighted by Gasteiger charge is -2.03. The predicted molar refractivity (Wildman–Crippen MR) is 102 cm³/mol. The molecule has 6 heteroatoms. The van der Waals surface area contributed by atoms with Gasteiger partial charge in [0, 0.05) is 15.4 Å². The van der Waals surface area contributed by atoms with Gasteiger partial charge in [0.1, 0.15) is 6.07 Å². The summed E-state index contributed by atoms with van der Waals surface area (Å²) in [5.74, 6) is 0. The minimum Gasteiger partial charge on any atom is -0.277 e. The molecular formula is C18H13BrN4S. The van der Waals surface area contributed by atoms with Gasteiger partial charge in [0.25, 0.3) is 0 Å². The fourth-order valence-corrected chi connectivity index (χ4v) is 3.26. The smallest absolute Gasteiger partial charge is 0.196 e. The number of hydrogen-bond acceptors (Lipinski definition) is 5. The Balaban J connectivity index is 1.86. The number of hydrazone groups is 1. The Bertz CT molecular complexity index is 940. The summed E-state index contributed by atoms with van der Waals surface area (Å²) in [6.45, 7) is 1.98. The predicted octanol–water partition coefficient (Wildman–Crippen LogP) is 5.22. The highest BCUT2D eigenvalue weighted by atomic mass is 79.9. The number of halogens is 1. The zero-order valence-corrected chi connectivity index (χ0v) is 15.2. The molecule has 2 aromatic carbocycles. The number of aromatic nitrogens is 1. The van der Waals surface area contributed by atoms with E-state index in [0.29, 0.717) is 5.01 Å². The average Bonchev–Trinajstić information content (AvgIpc) is 3.07. The zero-order chi connectivity index (χ0) is 16.9. The molecule has 0 aliphatic heterocycles. The highest BCUT2D eigenvalue weighted by molar-refractivity contribution is 9.10. The maximum atomic E-state index is 9.39. The van der Waals surface area contributed by atoms with Crippen molar-refractivity contribution in [3.8, 4) is 17.3 Å². The number of para-hydroxylation sites is 1. The number of nitrogens with one attached hydrogen (secondary N) is 1. The van der Waals surface area contributed by atoms with E-state index in [0.717, 1.165) is 27.0 Å². The third-order valence-electron chi connectivity index (χ3n) is 3.37. The van der Waals surface area contributed by atoms with Crippen LogP contribution in [0, 0.1) is 18.3 Å². The van der Waals surface area contributed by atoms with Gasteiger partial charge in [0.15, 0.2) is 10.7 Å². The Kier molecular flexibility index (Phi) is 5.04. The van der Waals surface area contributed by atoms with Crippen LogP contribution in [0.4, 0.5) is 5.69 Å². The van der Waals surface area contributed by atoms with E-state index in [1.165, 1.54) is 11.3 Å². The molecule has 0 aliphatic carbocycles. The molecule has 3 rings (SSSR count). The van der Waals surface area contributed by atoms with Crippen LogP contribution < -0.4 is 5.43 Å². The van der Waals surface area contributed by atoms with Crippen LogP contribution in [-0.2, 0) is 0 Å². The molecule has 24 heavy (non-hydrogen) atoms. The van der Waals surface area contributed by atoms with Crippen molar-refractivity contribution in [3.05, 3.63) is 69.0 Å². The van der Waals surface area contributed by atoms with Crippen molar-refractivity contribution in [1.82, 2.24) is 4.98 Å². The molecular weight excluding hydrogens is 384 g/mol. The number of thiazole rings is 1.